The van der Waals surface area contributed by atoms with Gasteiger partial charge in [0.05, 0.1) is 11.6 Å². The summed E-state index contributed by atoms with van der Waals surface area (Å²) in [4.78, 5) is 26.5. The second kappa shape index (κ2) is 6.83. The molecule has 4 nitrogen and oxygen atoms in total. The molecule has 1 saturated heterocycles. The maximum Gasteiger partial charge on any atom is 0.255 e. The van der Waals surface area contributed by atoms with Crippen molar-refractivity contribution in [1.29, 1.82) is 0 Å². The zero-order valence-electron chi connectivity index (χ0n) is 12.2. The zero-order chi connectivity index (χ0) is 16.2. The molecule has 1 N–H and O–H groups in total. The highest BCUT2D eigenvalue weighted by Gasteiger charge is 2.35. The van der Waals surface area contributed by atoms with Gasteiger partial charge in [0.25, 0.3) is 5.91 Å². The van der Waals surface area contributed by atoms with Crippen molar-refractivity contribution >= 4 is 29.3 Å². The van der Waals surface area contributed by atoms with E-state index in [1.165, 1.54) is 28.8 Å². The van der Waals surface area contributed by atoms with Crippen LogP contribution < -0.4 is 5.32 Å². The smallest absolute Gasteiger partial charge is 0.255 e. The molecule has 1 atom stereocenters. The molecular formula is C17H15FN2O2S. The molecule has 1 aliphatic rings. The van der Waals surface area contributed by atoms with E-state index >= 15 is 0 Å². The van der Waals surface area contributed by atoms with Gasteiger partial charge >= 0.3 is 0 Å². The van der Waals surface area contributed by atoms with Crippen molar-refractivity contribution in [3.8, 4) is 0 Å². The fourth-order valence-corrected chi connectivity index (χ4v) is 3.54. The topological polar surface area (TPSA) is 49.4 Å². The van der Waals surface area contributed by atoms with E-state index in [0.717, 1.165) is 0 Å². The van der Waals surface area contributed by atoms with E-state index in [9.17, 15) is 14.0 Å². The summed E-state index contributed by atoms with van der Waals surface area (Å²) in [5.41, 5.74) is 0.667. The zero-order valence-corrected chi connectivity index (χ0v) is 13.1. The van der Waals surface area contributed by atoms with Crippen molar-refractivity contribution < 1.29 is 14.0 Å². The van der Waals surface area contributed by atoms with Gasteiger partial charge in [0, 0.05) is 11.3 Å². The first-order chi connectivity index (χ1) is 11.2. The quantitative estimate of drug-likeness (QED) is 0.941. The maximum atomic E-state index is 13.7. The number of halogens is 1. The first kappa shape index (κ1) is 15.6. The highest BCUT2D eigenvalue weighted by molar-refractivity contribution is 7.99. The third-order valence-corrected chi connectivity index (χ3v) is 4.61. The lowest BCUT2D eigenvalue weighted by Gasteiger charge is -2.23. The summed E-state index contributed by atoms with van der Waals surface area (Å²) in [5, 5.41) is 2.57. The average molecular weight is 330 g/mol. The van der Waals surface area contributed by atoms with Crippen LogP contribution in [0, 0.1) is 5.82 Å². The molecular weight excluding hydrogens is 315 g/mol. The molecule has 0 radical (unpaired) electrons. The lowest BCUT2D eigenvalue weighted by atomic mass is 10.1. The molecule has 6 heteroatoms. The van der Waals surface area contributed by atoms with Gasteiger partial charge in [-0.25, -0.2) is 4.39 Å². The molecule has 0 saturated carbocycles. The van der Waals surface area contributed by atoms with Crippen LogP contribution in [0.4, 0.5) is 10.1 Å². The van der Waals surface area contributed by atoms with Gasteiger partial charge in [-0.05, 0) is 24.3 Å². The summed E-state index contributed by atoms with van der Waals surface area (Å²) in [6.45, 7) is 0. The minimum absolute atomic E-state index is 0.126. The van der Waals surface area contributed by atoms with Crippen molar-refractivity contribution in [2.45, 2.75) is 6.04 Å². The Bertz CT molecular complexity index is 724. The van der Waals surface area contributed by atoms with Crippen LogP contribution in [0.5, 0.6) is 0 Å². The van der Waals surface area contributed by atoms with Gasteiger partial charge in [0.15, 0.2) is 0 Å². The van der Waals surface area contributed by atoms with E-state index in [2.05, 4.69) is 5.32 Å². The van der Waals surface area contributed by atoms with Crippen molar-refractivity contribution in [1.82, 2.24) is 4.90 Å². The molecule has 2 aromatic rings. The van der Waals surface area contributed by atoms with Crippen LogP contribution in [-0.2, 0) is 4.79 Å². The summed E-state index contributed by atoms with van der Waals surface area (Å²) in [7, 11) is 0. The normalized spacial score (nSPS) is 17.1. The molecule has 23 heavy (non-hydrogen) atoms. The number of para-hydroxylation sites is 1. The first-order valence-electron chi connectivity index (χ1n) is 7.16. The van der Waals surface area contributed by atoms with Gasteiger partial charge in [-0.1, -0.05) is 30.3 Å². The predicted octanol–water partition coefficient (Wildman–Crippen LogP) is 2.98. The number of hydrogen-bond acceptors (Lipinski definition) is 3. The van der Waals surface area contributed by atoms with E-state index in [4.69, 9.17) is 0 Å². The van der Waals surface area contributed by atoms with Gasteiger partial charge in [-0.15, -0.1) is 11.8 Å². The number of amides is 2. The Morgan fingerprint density at radius 3 is 2.52 bits per heavy atom. The van der Waals surface area contributed by atoms with E-state index in [1.54, 1.807) is 36.4 Å². The Morgan fingerprint density at radius 2 is 1.78 bits per heavy atom. The fourth-order valence-electron chi connectivity index (χ4n) is 2.39. The molecule has 2 amide bonds. The summed E-state index contributed by atoms with van der Waals surface area (Å²) >= 11 is 1.51. The lowest BCUT2D eigenvalue weighted by molar-refractivity contribution is -0.119. The number of anilines is 1. The van der Waals surface area contributed by atoms with Crippen LogP contribution in [0.25, 0.3) is 0 Å². The van der Waals surface area contributed by atoms with Crippen LogP contribution in [0.1, 0.15) is 10.4 Å². The van der Waals surface area contributed by atoms with Crippen LogP contribution >= 0.6 is 11.8 Å². The summed E-state index contributed by atoms with van der Waals surface area (Å²) in [5.74, 6) is -0.108. The number of nitrogens with zero attached hydrogens (tertiary/aromatic N) is 1. The van der Waals surface area contributed by atoms with Gasteiger partial charge in [0.1, 0.15) is 11.9 Å². The average Bonchev–Trinajstić information content (AvgIpc) is 3.07. The highest BCUT2D eigenvalue weighted by Crippen LogP contribution is 2.24. The fraction of sp³-hybridized carbons (Fsp3) is 0.176. The Hall–Kier alpha value is -2.34. The number of thioether (sulfide) groups is 1. The predicted molar refractivity (Wildman–Crippen MR) is 88.8 cm³/mol. The molecule has 1 aliphatic heterocycles. The molecule has 0 spiro atoms. The van der Waals surface area contributed by atoms with Crippen molar-refractivity contribution in [3.63, 3.8) is 0 Å². The molecule has 0 bridgehead atoms. The SMILES string of the molecule is O=C(Nc1ccccc1F)[C@H]1CSCN1C(=O)c1ccccc1. The van der Waals surface area contributed by atoms with E-state index in [1.807, 2.05) is 6.07 Å². The van der Waals surface area contributed by atoms with E-state index < -0.39 is 11.9 Å². The summed E-state index contributed by atoms with van der Waals surface area (Å²) in [6, 6.07) is 14.2. The van der Waals surface area contributed by atoms with E-state index in [0.29, 0.717) is 17.2 Å². The molecule has 0 aliphatic carbocycles. The van der Waals surface area contributed by atoms with E-state index in [-0.39, 0.29) is 17.5 Å². The molecule has 2 aromatic carbocycles. The van der Waals surface area contributed by atoms with Gasteiger partial charge in [0.2, 0.25) is 5.91 Å². The second-order valence-corrected chi connectivity index (χ2v) is 6.13. The summed E-state index contributed by atoms with van der Waals surface area (Å²) in [6.07, 6.45) is 0. The number of nitrogens with one attached hydrogen (secondary N) is 1. The monoisotopic (exact) mass is 330 g/mol. The second-order valence-electron chi connectivity index (χ2n) is 5.13. The maximum absolute atomic E-state index is 13.7. The molecule has 0 aromatic heterocycles. The Labute approximate surface area is 137 Å². The highest BCUT2D eigenvalue weighted by atomic mass is 32.2. The Balaban J connectivity index is 1.75. The third-order valence-electron chi connectivity index (χ3n) is 3.60. The largest absolute Gasteiger partial charge is 0.322 e. The van der Waals surface area contributed by atoms with Crippen LogP contribution in [-0.4, -0.2) is 34.4 Å². The summed E-state index contributed by atoms with van der Waals surface area (Å²) < 4.78 is 13.7. The number of rotatable bonds is 3. The van der Waals surface area contributed by atoms with Crippen molar-refractivity contribution in [3.05, 3.63) is 66.0 Å². The number of carbonyl (C=O) groups excluding carboxylic acids is 2. The third kappa shape index (κ3) is 3.37. The molecule has 1 heterocycles. The van der Waals surface area contributed by atoms with Gasteiger partial charge in [-0.3, -0.25) is 9.59 Å². The van der Waals surface area contributed by atoms with Crippen LogP contribution in [0.3, 0.4) is 0 Å². The molecule has 1 fully saturated rings. The van der Waals surface area contributed by atoms with Gasteiger partial charge in [-0.2, -0.15) is 0 Å². The molecule has 3 rings (SSSR count). The van der Waals surface area contributed by atoms with Crippen LogP contribution in [0.15, 0.2) is 54.6 Å². The number of benzene rings is 2. The minimum Gasteiger partial charge on any atom is -0.322 e. The van der Waals surface area contributed by atoms with Crippen molar-refractivity contribution in [2.75, 3.05) is 16.9 Å². The van der Waals surface area contributed by atoms with Gasteiger partial charge < -0.3 is 10.2 Å². The number of hydrogen-bond donors (Lipinski definition) is 1. The number of carbonyl (C=O) groups is 2. The first-order valence-corrected chi connectivity index (χ1v) is 8.31. The lowest BCUT2D eigenvalue weighted by Crippen LogP contribution is -2.44. The Kier molecular flexibility index (Phi) is 4.62. The minimum atomic E-state index is -0.604. The van der Waals surface area contributed by atoms with Crippen LogP contribution in [0.2, 0.25) is 0 Å². The standard InChI is InChI=1S/C17H15FN2O2S/c18-13-8-4-5-9-14(13)19-16(21)15-10-23-11-20(15)17(22)12-6-2-1-3-7-12/h1-9,15H,10-11H2,(H,19,21)/t15-/m1/s1. The van der Waals surface area contributed by atoms with Crippen molar-refractivity contribution in [2.24, 2.45) is 0 Å². The molecule has 0 unspecified atom stereocenters. The molecule has 118 valence electrons. The Morgan fingerprint density at radius 1 is 1.09 bits per heavy atom.